The van der Waals surface area contributed by atoms with Gasteiger partial charge < -0.3 is 15.2 Å². The van der Waals surface area contributed by atoms with Crippen molar-refractivity contribution in [2.75, 3.05) is 25.6 Å². The zero-order valence-corrected chi connectivity index (χ0v) is 13.8. The van der Waals surface area contributed by atoms with Gasteiger partial charge in [0.15, 0.2) is 11.7 Å². The maximum absolute atomic E-state index is 11.0. The summed E-state index contributed by atoms with van der Waals surface area (Å²) in [7, 11) is -1.25. The Bertz CT molecular complexity index is 564. The maximum atomic E-state index is 11.0. The Balaban J connectivity index is 2.34. The summed E-state index contributed by atoms with van der Waals surface area (Å²) in [6.07, 6.45) is 1.77. The van der Waals surface area contributed by atoms with Crippen molar-refractivity contribution in [2.45, 2.75) is 32.7 Å². The summed E-state index contributed by atoms with van der Waals surface area (Å²) in [5.74, 6) is 1.83. The molecule has 21 heavy (non-hydrogen) atoms. The number of hydrogen-bond donors (Lipinski definition) is 2. The predicted octanol–water partition coefficient (Wildman–Crippen LogP) is 0.898. The molecule has 0 atom stereocenters. The molecule has 0 spiro atoms. The molecule has 1 heterocycles. The third-order valence-corrected chi connectivity index (χ3v) is 3.84. The van der Waals surface area contributed by atoms with Gasteiger partial charge >= 0.3 is 0 Å². The molecular weight excluding hydrogens is 292 g/mol. The zero-order valence-electron chi connectivity index (χ0n) is 13.0. The van der Waals surface area contributed by atoms with Gasteiger partial charge in [-0.2, -0.15) is 0 Å². The van der Waals surface area contributed by atoms with E-state index in [2.05, 4.69) is 34.6 Å². The minimum absolute atomic E-state index is 0.164. The Hall–Kier alpha value is -1.57. The lowest BCUT2D eigenvalue weighted by Crippen LogP contribution is -2.37. The van der Waals surface area contributed by atoms with Crippen molar-refractivity contribution >= 4 is 15.8 Å². The van der Waals surface area contributed by atoms with Crippen molar-refractivity contribution in [1.82, 2.24) is 15.8 Å². The van der Waals surface area contributed by atoms with Gasteiger partial charge in [-0.3, -0.25) is 4.99 Å². The van der Waals surface area contributed by atoms with Gasteiger partial charge in [0.1, 0.15) is 9.84 Å². The number of nitrogens with one attached hydrogen (secondary N) is 2. The smallest absolute Gasteiger partial charge is 0.191 e. The monoisotopic (exact) mass is 316 g/mol. The van der Waals surface area contributed by atoms with Crippen LogP contribution in [0.5, 0.6) is 0 Å². The van der Waals surface area contributed by atoms with E-state index < -0.39 is 9.84 Å². The highest BCUT2D eigenvalue weighted by molar-refractivity contribution is 7.90. The van der Waals surface area contributed by atoms with E-state index in [4.69, 9.17) is 4.52 Å². The molecule has 0 aliphatic rings. The minimum Gasteiger partial charge on any atom is -0.359 e. The van der Waals surface area contributed by atoms with E-state index in [0.717, 1.165) is 11.5 Å². The van der Waals surface area contributed by atoms with Gasteiger partial charge in [0.25, 0.3) is 0 Å². The van der Waals surface area contributed by atoms with Crippen LogP contribution in [0, 0.1) is 0 Å². The molecule has 0 amide bonds. The third-order valence-electron chi connectivity index (χ3n) is 2.81. The Morgan fingerprint density at radius 3 is 2.67 bits per heavy atom. The van der Waals surface area contributed by atoms with Crippen molar-refractivity contribution in [3.63, 3.8) is 0 Å². The molecule has 2 N–H and O–H groups in total. The van der Waals surface area contributed by atoms with Crippen LogP contribution in [0.1, 0.15) is 37.6 Å². The van der Waals surface area contributed by atoms with Crippen molar-refractivity contribution in [3.8, 4) is 0 Å². The summed E-state index contributed by atoms with van der Waals surface area (Å²) in [4.78, 5) is 4.06. The van der Waals surface area contributed by atoms with E-state index in [1.807, 2.05) is 6.07 Å². The van der Waals surface area contributed by atoms with E-state index >= 15 is 0 Å². The average molecular weight is 316 g/mol. The molecule has 0 radical (unpaired) electrons. The van der Waals surface area contributed by atoms with E-state index in [0.29, 0.717) is 31.4 Å². The second-order valence-electron chi connectivity index (χ2n) is 5.21. The summed E-state index contributed by atoms with van der Waals surface area (Å²) in [5, 5.41) is 10.1. The molecule has 1 rings (SSSR count). The normalized spacial score (nSPS) is 12.7. The molecule has 0 saturated heterocycles. The van der Waals surface area contributed by atoms with Crippen LogP contribution in [0.3, 0.4) is 0 Å². The van der Waals surface area contributed by atoms with Gasteiger partial charge in [0, 0.05) is 25.9 Å². The molecule has 1 aromatic rings. The lowest BCUT2D eigenvalue weighted by Gasteiger charge is -2.10. The van der Waals surface area contributed by atoms with Gasteiger partial charge in [-0.25, -0.2) is 8.42 Å². The number of aliphatic imine (C=N–C) groups is 1. The molecule has 120 valence electrons. The van der Waals surface area contributed by atoms with Crippen molar-refractivity contribution in [1.29, 1.82) is 0 Å². The second-order valence-corrected chi connectivity index (χ2v) is 7.47. The third kappa shape index (κ3) is 7.12. The van der Waals surface area contributed by atoms with Crippen LogP contribution in [-0.2, 0) is 16.4 Å². The van der Waals surface area contributed by atoms with Crippen LogP contribution in [0.15, 0.2) is 15.6 Å². The fourth-order valence-corrected chi connectivity index (χ4v) is 2.29. The van der Waals surface area contributed by atoms with Gasteiger partial charge in [-0.05, 0) is 12.3 Å². The number of guanidine groups is 1. The summed E-state index contributed by atoms with van der Waals surface area (Å²) >= 11 is 0. The molecule has 0 aliphatic carbocycles. The Kier molecular flexibility index (Phi) is 6.67. The summed E-state index contributed by atoms with van der Waals surface area (Å²) in [5.41, 5.74) is 0.919. The van der Waals surface area contributed by atoms with Gasteiger partial charge in [0.05, 0.1) is 18.0 Å². The zero-order chi connectivity index (χ0) is 15.9. The van der Waals surface area contributed by atoms with Crippen LogP contribution in [0.2, 0.25) is 0 Å². The first kappa shape index (κ1) is 17.5. The highest BCUT2D eigenvalue weighted by Crippen LogP contribution is 2.13. The molecule has 7 nitrogen and oxygen atoms in total. The number of aromatic nitrogens is 1. The fourth-order valence-electron chi connectivity index (χ4n) is 1.62. The molecule has 0 saturated carbocycles. The van der Waals surface area contributed by atoms with E-state index in [-0.39, 0.29) is 5.75 Å². The molecule has 0 bridgehead atoms. The SMILES string of the molecule is CN=C(NCCCS(C)(=O)=O)NCc1cc(C(C)C)no1. The Labute approximate surface area is 126 Å². The van der Waals surface area contributed by atoms with Gasteiger partial charge in [-0.15, -0.1) is 0 Å². The number of hydrogen-bond acceptors (Lipinski definition) is 5. The quantitative estimate of drug-likeness (QED) is 0.441. The summed E-state index contributed by atoms with van der Waals surface area (Å²) < 4.78 is 27.3. The van der Waals surface area contributed by atoms with E-state index in [1.165, 1.54) is 6.26 Å². The second kappa shape index (κ2) is 8.02. The molecule has 0 fully saturated rings. The molecule has 0 aromatic carbocycles. The number of nitrogens with zero attached hydrogens (tertiary/aromatic N) is 2. The van der Waals surface area contributed by atoms with Crippen LogP contribution >= 0.6 is 0 Å². The lowest BCUT2D eigenvalue weighted by atomic mass is 10.1. The topological polar surface area (TPSA) is 96.6 Å². The average Bonchev–Trinajstić information content (AvgIpc) is 2.85. The molecular formula is C13H24N4O3S. The first-order valence-electron chi connectivity index (χ1n) is 6.89. The Morgan fingerprint density at radius 1 is 1.43 bits per heavy atom. The largest absolute Gasteiger partial charge is 0.359 e. The van der Waals surface area contributed by atoms with Crippen LogP contribution in [0.4, 0.5) is 0 Å². The van der Waals surface area contributed by atoms with Crippen LogP contribution in [-0.4, -0.2) is 45.1 Å². The minimum atomic E-state index is -2.91. The number of sulfone groups is 1. The predicted molar refractivity (Wildman–Crippen MR) is 83.1 cm³/mol. The Morgan fingerprint density at radius 2 is 2.14 bits per heavy atom. The standard InChI is InChI=1S/C13H24N4O3S/c1-10(2)12-8-11(20-17-12)9-16-13(14-3)15-6-5-7-21(4,18)19/h8,10H,5-7,9H2,1-4H3,(H2,14,15,16). The van der Waals surface area contributed by atoms with E-state index in [1.54, 1.807) is 7.05 Å². The number of rotatable bonds is 7. The highest BCUT2D eigenvalue weighted by atomic mass is 32.2. The van der Waals surface area contributed by atoms with Crippen LogP contribution in [0.25, 0.3) is 0 Å². The first-order chi connectivity index (χ1) is 9.81. The molecule has 0 aliphatic heterocycles. The fraction of sp³-hybridized carbons (Fsp3) is 0.692. The van der Waals surface area contributed by atoms with Crippen molar-refractivity contribution in [2.24, 2.45) is 4.99 Å². The first-order valence-corrected chi connectivity index (χ1v) is 8.95. The maximum Gasteiger partial charge on any atom is 0.191 e. The summed E-state index contributed by atoms with van der Waals surface area (Å²) in [6.45, 7) is 5.13. The van der Waals surface area contributed by atoms with Crippen molar-refractivity contribution < 1.29 is 12.9 Å². The van der Waals surface area contributed by atoms with Gasteiger partial charge in [0.2, 0.25) is 0 Å². The highest BCUT2D eigenvalue weighted by Gasteiger charge is 2.08. The molecule has 0 unspecified atom stereocenters. The lowest BCUT2D eigenvalue weighted by molar-refractivity contribution is 0.372. The van der Waals surface area contributed by atoms with Crippen LogP contribution < -0.4 is 10.6 Å². The van der Waals surface area contributed by atoms with Gasteiger partial charge in [-0.1, -0.05) is 19.0 Å². The van der Waals surface area contributed by atoms with Crippen molar-refractivity contribution in [3.05, 3.63) is 17.5 Å². The summed E-state index contributed by atoms with van der Waals surface area (Å²) in [6, 6.07) is 1.91. The van der Waals surface area contributed by atoms with E-state index in [9.17, 15) is 8.42 Å². The molecule has 8 heteroatoms. The molecule has 1 aromatic heterocycles.